The van der Waals surface area contributed by atoms with Crippen molar-refractivity contribution in [3.05, 3.63) is 0 Å². The lowest BCUT2D eigenvalue weighted by Gasteiger charge is -2.05. The van der Waals surface area contributed by atoms with Crippen LogP contribution >= 0.6 is 11.8 Å². The van der Waals surface area contributed by atoms with E-state index in [1.54, 1.807) is 16.4 Å². The highest BCUT2D eigenvalue weighted by molar-refractivity contribution is 7.99. The molecule has 8 heteroatoms. The molecule has 0 spiro atoms. The highest BCUT2D eigenvalue weighted by atomic mass is 32.2. The monoisotopic (exact) mass is 285 g/mol. The third-order valence-corrected chi connectivity index (χ3v) is 3.86. The van der Waals surface area contributed by atoms with Crippen molar-refractivity contribution in [2.75, 3.05) is 19.4 Å². The van der Waals surface area contributed by atoms with Crippen LogP contribution < -0.4 is 5.32 Å². The van der Waals surface area contributed by atoms with Gasteiger partial charge in [-0.1, -0.05) is 11.8 Å². The van der Waals surface area contributed by atoms with E-state index < -0.39 is 0 Å². The van der Waals surface area contributed by atoms with Gasteiger partial charge in [-0.25, -0.2) is 4.68 Å². The van der Waals surface area contributed by atoms with E-state index in [4.69, 9.17) is 0 Å². The molecular weight excluding hydrogens is 266 g/mol. The minimum absolute atomic E-state index is 0.172. The summed E-state index contributed by atoms with van der Waals surface area (Å²) in [6, 6.07) is 0.702. The van der Waals surface area contributed by atoms with E-state index in [2.05, 4.69) is 25.6 Å². The predicted molar refractivity (Wildman–Crippen MR) is 70.8 cm³/mol. The van der Waals surface area contributed by atoms with Gasteiger partial charge in [0.2, 0.25) is 5.16 Å². The molecule has 1 fully saturated rings. The van der Waals surface area contributed by atoms with Crippen LogP contribution in [0, 0.1) is 0 Å². The van der Waals surface area contributed by atoms with Gasteiger partial charge in [0.05, 0.1) is 13.7 Å². The van der Waals surface area contributed by atoms with Crippen molar-refractivity contribution < 1.29 is 9.53 Å². The minimum Gasteiger partial charge on any atom is -0.469 e. The number of carbonyl (C=O) groups is 1. The summed E-state index contributed by atoms with van der Waals surface area (Å²) in [6.07, 6.45) is 3.77. The number of nitrogens with one attached hydrogen (secondary N) is 1. The average molecular weight is 285 g/mol. The molecule has 1 aromatic rings. The maximum absolute atomic E-state index is 11.0. The molecule has 0 aliphatic heterocycles. The SMILES string of the molecule is COC(=O)CCCSc1nnnn1CCNC1CC1. The Labute approximate surface area is 116 Å². The van der Waals surface area contributed by atoms with Gasteiger partial charge < -0.3 is 10.1 Å². The molecular formula is C11H19N5O2S. The maximum atomic E-state index is 11.0. The van der Waals surface area contributed by atoms with E-state index >= 15 is 0 Å². The molecule has 7 nitrogen and oxygen atoms in total. The minimum atomic E-state index is -0.172. The molecule has 1 aliphatic carbocycles. The van der Waals surface area contributed by atoms with Crippen molar-refractivity contribution in [3.63, 3.8) is 0 Å². The number of ether oxygens (including phenoxy) is 1. The fourth-order valence-corrected chi connectivity index (χ4v) is 2.43. The van der Waals surface area contributed by atoms with Crippen LogP contribution in [0.1, 0.15) is 25.7 Å². The summed E-state index contributed by atoms with van der Waals surface area (Å²) in [5.74, 6) is 0.639. The lowest BCUT2D eigenvalue weighted by atomic mass is 10.3. The quantitative estimate of drug-likeness (QED) is 0.401. The molecule has 1 aliphatic rings. The van der Waals surface area contributed by atoms with Gasteiger partial charge in [-0.2, -0.15) is 0 Å². The van der Waals surface area contributed by atoms with Gasteiger partial charge in [-0.05, 0) is 29.7 Å². The zero-order valence-corrected chi connectivity index (χ0v) is 11.9. The Hall–Kier alpha value is -1.15. The normalized spacial score (nSPS) is 14.6. The van der Waals surface area contributed by atoms with E-state index in [0.29, 0.717) is 12.5 Å². The zero-order chi connectivity index (χ0) is 13.5. The molecule has 0 unspecified atom stereocenters. The number of methoxy groups -OCH3 is 1. The number of aromatic nitrogens is 4. The Morgan fingerprint density at radius 3 is 3.16 bits per heavy atom. The Bertz CT molecular complexity index is 408. The maximum Gasteiger partial charge on any atom is 0.305 e. The van der Waals surface area contributed by atoms with E-state index in [0.717, 1.165) is 30.4 Å². The Balaban J connectivity index is 1.64. The Morgan fingerprint density at radius 1 is 1.58 bits per heavy atom. The lowest BCUT2D eigenvalue weighted by Crippen LogP contribution is -2.22. The van der Waals surface area contributed by atoms with Crippen LogP contribution in [-0.4, -0.2) is 51.6 Å². The zero-order valence-electron chi connectivity index (χ0n) is 11.0. The van der Waals surface area contributed by atoms with Crippen molar-refractivity contribution in [2.45, 2.75) is 43.4 Å². The van der Waals surface area contributed by atoms with E-state index in [-0.39, 0.29) is 5.97 Å². The molecule has 0 radical (unpaired) electrons. The molecule has 0 bridgehead atoms. The summed E-state index contributed by atoms with van der Waals surface area (Å²) >= 11 is 1.57. The highest BCUT2D eigenvalue weighted by Gasteiger charge is 2.20. The van der Waals surface area contributed by atoms with Gasteiger partial charge in [0.15, 0.2) is 0 Å². The first-order chi connectivity index (χ1) is 9.29. The van der Waals surface area contributed by atoms with Crippen LogP contribution in [0.2, 0.25) is 0 Å². The molecule has 1 heterocycles. The Morgan fingerprint density at radius 2 is 2.42 bits per heavy atom. The number of hydrogen-bond acceptors (Lipinski definition) is 7. The molecule has 106 valence electrons. The van der Waals surface area contributed by atoms with Gasteiger partial charge in [0.1, 0.15) is 0 Å². The number of hydrogen-bond donors (Lipinski definition) is 1. The van der Waals surface area contributed by atoms with Crippen LogP contribution in [-0.2, 0) is 16.1 Å². The third-order valence-electron chi connectivity index (χ3n) is 2.82. The summed E-state index contributed by atoms with van der Waals surface area (Å²) in [5, 5.41) is 15.9. The van der Waals surface area contributed by atoms with Crippen molar-refractivity contribution >= 4 is 17.7 Å². The molecule has 0 saturated heterocycles. The number of carbonyl (C=O) groups excluding carboxylic acids is 1. The standard InChI is InChI=1S/C11H19N5O2S/c1-18-10(17)3-2-8-19-11-13-14-15-16(11)7-6-12-9-4-5-9/h9,12H,2-8H2,1H3. The highest BCUT2D eigenvalue weighted by Crippen LogP contribution is 2.18. The Kier molecular flexibility index (Phi) is 5.59. The van der Waals surface area contributed by atoms with Crippen molar-refractivity contribution in [1.29, 1.82) is 0 Å². The molecule has 0 atom stereocenters. The molecule has 0 aromatic carbocycles. The number of tetrazole rings is 1. The molecule has 2 rings (SSSR count). The van der Waals surface area contributed by atoms with Gasteiger partial charge in [0, 0.05) is 24.8 Å². The summed E-state index contributed by atoms with van der Waals surface area (Å²) in [6.45, 7) is 1.67. The van der Waals surface area contributed by atoms with Gasteiger partial charge >= 0.3 is 5.97 Å². The topological polar surface area (TPSA) is 81.9 Å². The van der Waals surface area contributed by atoms with E-state index in [9.17, 15) is 4.79 Å². The van der Waals surface area contributed by atoms with Crippen molar-refractivity contribution in [1.82, 2.24) is 25.5 Å². The fourth-order valence-electron chi connectivity index (χ4n) is 1.58. The number of thioether (sulfide) groups is 1. The van der Waals surface area contributed by atoms with E-state index in [1.807, 2.05) is 0 Å². The van der Waals surface area contributed by atoms with E-state index in [1.165, 1.54) is 20.0 Å². The molecule has 19 heavy (non-hydrogen) atoms. The first-order valence-corrected chi connectivity index (χ1v) is 7.47. The molecule has 1 saturated carbocycles. The third kappa shape index (κ3) is 5.15. The summed E-state index contributed by atoms with van der Waals surface area (Å²) in [7, 11) is 1.41. The first kappa shape index (κ1) is 14.3. The average Bonchev–Trinajstić information content (AvgIpc) is 3.14. The second kappa shape index (κ2) is 7.44. The molecule has 0 amide bonds. The molecule has 1 aromatic heterocycles. The smallest absolute Gasteiger partial charge is 0.305 e. The number of esters is 1. The first-order valence-electron chi connectivity index (χ1n) is 6.49. The van der Waals surface area contributed by atoms with Gasteiger partial charge in [0.25, 0.3) is 0 Å². The largest absolute Gasteiger partial charge is 0.469 e. The van der Waals surface area contributed by atoms with Crippen LogP contribution in [0.15, 0.2) is 5.16 Å². The summed E-state index contributed by atoms with van der Waals surface area (Å²) in [5.41, 5.74) is 0. The van der Waals surface area contributed by atoms with Crippen LogP contribution in [0.5, 0.6) is 0 Å². The fraction of sp³-hybridized carbons (Fsp3) is 0.818. The lowest BCUT2D eigenvalue weighted by molar-refractivity contribution is -0.140. The second-order valence-electron chi connectivity index (χ2n) is 4.44. The van der Waals surface area contributed by atoms with Crippen molar-refractivity contribution in [3.8, 4) is 0 Å². The molecule has 1 N–H and O–H groups in total. The van der Waals surface area contributed by atoms with Gasteiger partial charge in [-0.15, -0.1) is 5.10 Å². The van der Waals surface area contributed by atoms with Crippen LogP contribution in [0.4, 0.5) is 0 Å². The summed E-state index contributed by atoms with van der Waals surface area (Å²) < 4.78 is 6.39. The van der Waals surface area contributed by atoms with Gasteiger partial charge in [-0.3, -0.25) is 4.79 Å². The number of rotatable bonds is 9. The van der Waals surface area contributed by atoms with Crippen LogP contribution in [0.25, 0.3) is 0 Å². The predicted octanol–water partition coefficient (Wildman–Crippen LogP) is 0.470. The van der Waals surface area contributed by atoms with Crippen LogP contribution in [0.3, 0.4) is 0 Å². The number of nitrogens with zero attached hydrogens (tertiary/aromatic N) is 4. The second-order valence-corrected chi connectivity index (χ2v) is 5.50. The van der Waals surface area contributed by atoms with Crippen molar-refractivity contribution in [2.24, 2.45) is 0 Å². The summed E-state index contributed by atoms with van der Waals surface area (Å²) in [4.78, 5) is 11.0.